The van der Waals surface area contributed by atoms with Gasteiger partial charge in [-0.25, -0.2) is 0 Å². The summed E-state index contributed by atoms with van der Waals surface area (Å²) >= 11 is 6.43. The predicted molar refractivity (Wildman–Crippen MR) is 89.7 cm³/mol. The molecule has 0 aromatic heterocycles. The molecule has 0 fully saturated rings. The van der Waals surface area contributed by atoms with Crippen molar-refractivity contribution in [3.8, 4) is 0 Å². The first-order valence-corrected chi connectivity index (χ1v) is 7.02. The zero-order chi connectivity index (χ0) is 9.80. The Kier molecular flexibility index (Phi) is 15.0. The van der Waals surface area contributed by atoms with Crippen LogP contribution in [-0.2, 0) is 0 Å². The maximum absolute atomic E-state index is 6.43. The third kappa shape index (κ3) is 6.07. The average Bonchev–Trinajstić information content (AvgIpc) is 2.30. The van der Waals surface area contributed by atoms with Crippen LogP contribution in [0.4, 0.5) is 0 Å². The van der Waals surface area contributed by atoms with E-state index in [-0.39, 0.29) is 46.2 Å². The first-order valence-electron chi connectivity index (χ1n) is 4.51. The second-order valence-electron chi connectivity index (χ2n) is 3.05. The molecule has 2 rings (SSSR count). The van der Waals surface area contributed by atoms with Gasteiger partial charge in [0.1, 0.15) is 0 Å². The van der Waals surface area contributed by atoms with E-state index in [2.05, 4.69) is 24.3 Å². The number of halogens is 1. The molecule has 3 heteroatoms. The Bertz CT molecular complexity index is 352. The van der Waals surface area contributed by atoms with Crippen LogP contribution in [0.5, 0.6) is 0 Å². The molecule has 18 heavy (non-hydrogen) atoms. The number of hydrogen-bond acceptors (Lipinski definition) is 0. The Morgan fingerprint density at radius 2 is 0.889 bits per heavy atom. The third-order valence-corrected chi connectivity index (χ3v) is 5.04. The zero-order valence-corrected chi connectivity index (χ0v) is 12.8. The number of rotatable bonds is 2. The van der Waals surface area contributed by atoms with Crippen molar-refractivity contribution >= 4 is 53.5 Å². The molecule has 0 N–H and O–H groups in total. The molecule has 0 nitrogen and oxygen atoms in total. The topological polar surface area (TPSA) is 0 Å². The second-order valence-corrected chi connectivity index (χ2v) is 5.96. The molecule has 0 atom stereocenters. The van der Waals surface area contributed by atoms with Crippen LogP contribution in [0.2, 0.25) is 0 Å². The van der Waals surface area contributed by atoms with Crippen molar-refractivity contribution < 1.29 is 0 Å². The molecule has 0 unspecified atom stereocenters. The van der Waals surface area contributed by atoms with Gasteiger partial charge in [0.2, 0.25) is 8.11 Å². The van der Waals surface area contributed by atoms with Gasteiger partial charge in [-0.15, -0.1) is 0 Å². The van der Waals surface area contributed by atoms with E-state index in [0.717, 1.165) is 0 Å². The van der Waals surface area contributed by atoms with Crippen molar-refractivity contribution in [2.75, 3.05) is 0 Å². The van der Waals surface area contributed by atoms with E-state index in [1.165, 1.54) is 10.4 Å². The molecule has 0 aliphatic carbocycles. The van der Waals surface area contributed by atoms with Crippen molar-refractivity contribution in [2.45, 2.75) is 22.3 Å². The molecule has 0 aliphatic heterocycles. The molecule has 0 spiro atoms. The van der Waals surface area contributed by atoms with E-state index in [0.29, 0.717) is 0 Å². The molecule has 5 radical (unpaired) electrons. The summed E-state index contributed by atoms with van der Waals surface area (Å²) in [6.07, 6.45) is 0. The Morgan fingerprint density at radius 3 is 1.17 bits per heavy atom. The summed E-state index contributed by atoms with van der Waals surface area (Å²) < 4.78 is 0. The summed E-state index contributed by atoms with van der Waals surface area (Å²) in [5.74, 6) is 0. The summed E-state index contributed by atoms with van der Waals surface area (Å²) in [4.78, 5) is 0. The third-order valence-electron chi connectivity index (χ3n) is 2.05. The summed E-state index contributed by atoms with van der Waals surface area (Å²) in [6, 6.07) is 20.5. The summed E-state index contributed by atoms with van der Waals surface area (Å²) in [5.41, 5.74) is 0. The van der Waals surface area contributed by atoms with Gasteiger partial charge >= 0.3 is 0 Å². The standard InChI is InChI=1S/C12H10ClSi.3CH4.Sn/c13-14(11-7-3-1-4-8-11)12-9-5-2-6-10-12;;;;/h1-10H;3*1H4;. The average molecular weight is 385 g/mol. The molecule has 0 saturated heterocycles. The van der Waals surface area contributed by atoms with Crippen LogP contribution in [0.3, 0.4) is 0 Å². The number of hydrogen-bond donors (Lipinski definition) is 0. The van der Waals surface area contributed by atoms with Gasteiger partial charge < -0.3 is 0 Å². The Balaban J connectivity index is -0.000000562. The predicted octanol–water partition coefficient (Wildman–Crippen LogP) is 3.56. The van der Waals surface area contributed by atoms with E-state index >= 15 is 0 Å². The maximum atomic E-state index is 6.43. The number of benzene rings is 2. The van der Waals surface area contributed by atoms with Crippen LogP contribution >= 0.6 is 11.1 Å². The van der Waals surface area contributed by atoms with Crippen LogP contribution in [0.25, 0.3) is 0 Å². The summed E-state index contributed by atoms with van der Waals surface area (Å²) in [6.45, 7) is 0. The molecule has 2 aromatic carbocycles. The van der Waals surface area contributed by atoms with Gasteiger partial charge in [0.25, 0.3) is 0 Å². The zero-order valence-electron chi connectivity index (χ0n) is 8.15. The van der Waals surface area contributed by atoms with Crippen LogP contribution in [0, 0.1) is 0 Å². The normalized spacial score (nSPS) is 8.11. The van der Waals surface area contributed by atoms with E-state index < -0.39 is 8.11 Å². The quantitative estimate of drug-likeness (QED) is 0.549. The SMILES string of the molecule is C.C.C.Cl[Si](c1ccccc1)c1ccccc1.[Sn]. The summed E-state index contributed by atoms with van der Waals surface area (Å²) in [5, 5.41) is 2.48. The Hall–Kier alpha value is -0.254. The molecule has 0 bridgehead atoms. The fourth-order valence-electron chi connectivity index (χ4n) is 1.34. The fourth-order valence-corrected chi connectivity index (χ4v) is 3.40. The minimum Gasteiger partial charge on any atom is -0.156 e. The molecule has 0 aliphatic rings. The molecule has 2 aromatic rings. The smallest absolute Gasteiger partial charge is 0.156 e. The molecule has 0 heterocycles. The Labute approximate surface area is 136 Å². The largest absolute Gasteiger partial charge is 0.234 e. The minimum atomic E-state index is -1.07. The molecule has 97 valence electrons. The second kappa shape index (κ2) is 11.8. The van der Waals surface area contributed by atoms with Crippen molar-refractivity contribution in [3.05, 3.63) is 60.7 Å². The monoisotopic (exact) mass is 385 g/mol. The van der Waals surface area contributed by atoms with E-state index in [4.69, 9.17) is 11.1 Å². The minimum absolute atomic E-state index is 0. The van der Waals surface area contributed by atoms with Gasteiger partial charge in [0.05, 0.1) is 0 Å². The van der Waals surface area contributed by atoms with E-state index in [9.17, 15) is 0 Å². The van der Waals surface area contributed by atoms with Gasteiger partial charge in [-0.2, -0.15) is 11.1 Å². The van der Waals surface area contributed by atoms with E-state index in [1.54, 1.807) is 0 Å². The molecule has 0 amide bonds. The van der Waals surface area contributed by atoms with Crippen LogP contribution in [-0.4, -0.2) is 32.0 Å². The van der Waals surface area contributed by atoms with Gasteiger partial charge in [-0.3, -0.25) is 0 Å². The summed E-state index contributed by atoms with van der Waals surface area (Å²) in [7, 11) is -1.07. The van der Waals surface area contributed by atoms with Crippen molar-refractivity contribution in [3.63, 3.8) is 0 Å². The van der Waals surface area contributed by atoms with Crippen LogP contribution in [0.1, 0.15) is 22.3 Å². The van der Waals surface area contributed by atoms with Crippen LogP contribution in [0.15, 0.2) is 60.7 Å². The van der Waals surface area contributed by atoms with Crippen molar-refractivity contribution in [1.82, 2.24) is 0 Å². The first-order chi connectivity index (χ1) is 6.88. The van der Waals surface area contributed by atoms with Gasteiger partial charge in [-0.05, 0) is 10.4 Å². The van der Waals surface area contributed by atoms with Gasteiger partial charge in [0.15, 0.2) is 0 Å². The Morgan fingerprint density at radius 1 is 0.611 bits per heavy atom. The maximum Gasteiger partial charge on any atom is 0.234 e. The van der Waals surface area contributed by atoms with Gasteiger partial charge in [-0.1, -0.05) is 82.9 Å². The fraction of sp³-hybridized carbons (Fsp3) is 0.200. The van der Waals surface area contributed by atoms with E-state index in [1.807, 2.05) is 36.4 Å². The van der Waals surface area contributed by atoms with Gasteiger partial charge in [0, 0.05) is 23.9 Å². The molecular formula is C15H22ClSiSn. The first kappa shape index (κ1) is 22.9. The molecule has 0 saturated carbocycles. The van der Waals surface area contributed by atoms with Crippen molar-refractivity contribution in [1.29, 1.82) is 0 Å². The molecular weight excluding hydrogens is 362 g/mol. The van der Waals surface area contributed by atoms with Crippen LogP contribution < -0.4 is 10.4 Å². The van der Waals surface area contributed by atoms with Crippen molar-refractivity contribution in [2.24, 2.45) is 0 Å².